The van der Waals surface area contributed by atoms with Gasteiger partial charge in [0.25, 0.3) is 0 Å². The third-order valence-corrected chi connectivity index (χ3v) is 13.4. The van der Waals surface area contributed by atoms with Crippen LogP contribution in [-0.4, -0.2) is 24.2 Å². The summed E-state index contributed by atoms with van der Waals surface area (Å²) in [6, 6.07) is 67.6. The summed E-state index contributed by atoms with van der Waals surface area (Å²) < 4.78 is -0.760. The van der Waals surface area contributed by atoms with Gasteiger partial charge in [-0.25, -0.2) is 4.99 Å². The van der Waals surface area contributed by atoms with E-state index >= 15 is 0 Å². The Morgan fingerprint density at radius 3 is 1.25 bits per heavy atom. The molecule has 1 aliphatic rings. The molecule has 0 saturated carbocycles. The highest BCUT2D eigenvalue weighted by molar-refractivity contribution is 8.15. The second kappa shape index (κ2) is 19.9. The largest absolute Gasteiger partial charge is 0.372 e. The Hall–Kier alpha value is -6.57. The van der Waals surface area contributed by atoms with Crippen LogP contribution in [-0.2, 0) is 35.7 Å². The highest BCUT2D eigenvalue weighted by Crippen LogP contribution is 2.55. The van der Waals surface area contributed by atoms with E-state index in [9.17, 15) is 4.79 Å². The molecule has 1 amide bonds. The molecule has 324 valence electrons. The molecular formula is C57H59N5OS. The zero-order chi connectivity index (χ0) is 44.5. The fourth-order valence-electron chi connectivity index (χ4n) is 8.47. The van der Waals surface area contributed by atoms with Crippen LogP contribution < -0.4 is 20.0 Å². The SMILES string of the molecule is CCN(CC)c1ccc2c(c1)N=C(NC(=O)C(C)(C)C)SC2(c1ccc(N(Cc2ccccc2)Cc2ccccc2)cc1)c1ccc(N(Cc2ccccc2)Cc2ccccc2)cc1. The molecule has 0 spiro atoms. The number of nitrogens with zero attached hydrogens (tertiary/aromatic N) is 4. The number of hydrogen-bond acceptors (Lipinski definition) is 6. The van der Waals surface area contributed by atoms with Gasteiger partial charge in [-0.3, -0.25) is 4.79 Å². The molecule has 64 heavy (non-hydrogen) atoms. The maximum Gasteiger partial charge on any atom is 0.231 e. The van der Waals surface area contributed by atoms with Crippen LogP contribution in [0.15, 0.2) is 193 Å². The highest BCUT2D eigenvalue weighted by Gasteiger charge is 2.44. The lowest BCUT2D eigenvalue weighted by Crippen LogP contribution is -2.41. The lowest BCUT2D eigenvalue weighted by molar-refractivity contribution is -0.126. The average molecular weight is 862 g/mol. The number of anilines is 3. The van der Waals surface area contributed by atoms with E-state index in [0.29, 0.717) is 5.17 Å². The maximum absolute atomic E-state index is 13.8. The van der Waals surface area contributed by atoms with Gasteiger partial charge >= 0.3 is 0 Å². The van der Waals surface area contributed by atoms with E-state index in [2.05, 4.69) is 222 Å². The first kappa shape index (κ1) is 44.1. The Balaban J connectivity index is 1.27. The van der Waals surface area contributed by atoms with Crippen molar-refractivity contribution in [1.82, 2.24) is 5.32 Å². The first-order valence-electron chi connectivity index (χ1n) is 22.5. The van der Waals surface area contributed by atoms with Crippen molar-refractivity contribution >= 4 is 45.6 Å². The van der Waals surface area contributed by atoms with Crippen molar-refractivity contribution < 1.29 is 4.79 Å². The highest BCUT2D eigenvalue weighted by atomic mass is 32.2. The topological polar surface area (TPSA) is 51.2 Å². The molecular weight excluding hydrogens is 803 g/mol. The number of nitrogens with one attached hydrogen (secondary N) is 1. The van der Waals surface area contributed by atoms with Crippen molar-refractivity contribution in [3.8, 4) is 0 Å². The van der Waals surface area contributed by atoms with E-state index in [1.54, 1.807) is 11.8 Å². The molecule has 0 fully saturated rings. The molecule has 6 nitrogen and oxygen atoms in total. The summed E-state index contributed by atoms with van der Waals surface area (Å²) in [5, 5.41) is 3.87. The predicted molar refractivity (Wildman–Crippen MR) is 271 cm³/mol. The quantitative estimate of drug-likeness (QED) is 0.111. The Labute approximate surface area is 384 Å². The van der Waals surface area contributed by atoms with Crippen molar-refractivity contribution in [3.05, 3.63) is 227 Å². The summed E-state index contributed by atoms with van der Waals surface area (Å²) in [5.41, 5.74) is 11.9. The predicted octanol–water partition coefficient (Wildman–Crippen LogP) is 13.1. The molecule has 0 saturated heterocycles. The molecule has 0 aromatic heterocycles. The normalized spacial score (nSPS) is 13.0. The van der Waals surface area contributed by atoms with Crippen molar-refractivity contribution in [2.45, 2.75) is 65.5 Å². The minimum Gasteiger partial charge on any atom is -0.372 e. The maximum atomic E-state index is 13.8. The third kappa shape index (κ3) is 10.1. The molecule has 7 aromatic rings. The lowest BCUT2D eigenvalue weighted by Gasteiger charge is -2.40. The summed E-state index contributed by atoms with van der Waals surface area (Å²) in [6.07, 6.45) is 0. The van der Waals surface area contributed by atoms with Crippen molar-refractivity contribution in [2.75, 3.05) is 27.8 Å². The smallest absolute Gasteiger partial charge is 0.231 e. The minimum absolute atomic E-state index is 0.0726. The molecule has 7 heteroatoms. The fraction of sp³-hybridized carbons (Fsp3) is 0.228. The Morgan fingerprint density at radius 2 is 0.891 bits per heavy atom. The van der Waals surface area contributed by atoms with Gasteiger partial charge in [-0.2, -0.15) is 0 Å². The van der Waals surface area contributed by atoms with Gasteiger partial charge in [-0.15, -0.1) is 0 Å². The zero-order valence-electron chi connectivity index (χ0n) is 37.7. The molecule has 0 atom stereocenters. The monoisotopic (exact) mass is 861 g/mol. The fourth-order valence-corrected chi connectivity index (χ4v) is 9.84. The van der Waals surface area contributed by atoms with Crippen LogP contribution in [0.1, 0.15) is 73.6 Å². The Bertz CT molecular complexity index is 2410. The number of carbonyl (C=O) groups excluding carboxylic acids is 1. The van der Waals surface area contributed by atoms with Gasteiger partial charge < -0.3 is 20.0 Å². The second-order valence-electron chi connectivity index (χ2n) is 17.5. The number of hydrogen-bond donors (Lipinski definition) is 1. The van der Waals surface area contributed by atoms with Gasteiger partial charge in [0.2, 0.25) is 5.91 Å². The minimum atomic E-state index is -0.760. The summed E-state index contributed by atoms with van der Waals surface area (Å²) in [7, 11) is 0. The Morgan fingerprint density at radius 1 is 0.516 bits per heavy atom. The summed E-state index contributed by atoms with van der Waals surface area (Å²) in [4.78, 5) is 26.3. The summed E-state index contributed by atoms with van der Waals surface area (Å²) in [5.74, 6) is -0.0726. The van der Waals surface area contributed by atoms with Crippen LogP contribution in [0.5, 0.6) is 0 Å². The van der Waals surface area contributed by atoms with Crippen LogP contribution in [0.4, 0.5) is 22.7 Å². The van der Waals surface area contributed by atoms with Crippen LogP contribution in [0, 0.1) is 5.41 Å². The molecule has 0 aliphatic carbocycles. The summed E-state index contributed by atoms with van der Waals surface area (Å²) >= 11 is 1.61. The molecule has 0 bridgehead atoms. The number of thioether (sulfide) groups is 1. The number of aliphatic imine (C=N–C) groups is 1. The van der Waals surface area contributed by atoms with Gasteiger partial charge in [0.1, 0.15) is 4.75 Å². The van der Waals surface area contributed by atoms with Crippen LogP contribution in [0.25, 0.3) is 0 Å². The van der Waals surface area contributed by atoms with E-state index in [4.69, 9.17) is 4.99 Å². The molecule has 1 heterocycles. The van der Waals surface area contributed by atoms with Crippen LogP contribution in [0.2, 0.25) is 0 Å². The van der Waals surface area contributed by atoms with E-state index in [1.165, 1.54) is 22.3 Å². The molecule has 1 aliphatic heterocycles. The molecule has 0 unspecified atom stereocenters. The van der Waals surface area contributed by atoms with E-state index in [-0.39, 0.29) is 5.91 Å². The number of fused-ring (bicyclic) bond motifs is 1. The molecule has 7 aromatic carbocycles. The third-order valence-electron chi connectivity index (χ3n) is 12.0. The molecule has 0 radical (unpaired) electrons. The Kier molecular flexibility index (Phi) is 13.7. The number of amides is 1. The van der Waals surface area contributed by atoms with Crippen molar-refractivity contribution in [1.29, 1.82) is 0 Å². The first-order valence-corrected chi connectivity index (χ1v) is 23.3. The van der Waals surface area contributed by atoms with E-state index in [0.717, 1.165) is 78.7 Å². The standard InChI is InChI=1S/C57H59N5OS/c1-6-60(7-2)51-36-37-52-53(38-51)58-55(59-54(63)56(3,4)5)64-57(52,47-28-32-49(33-29-47)61(39-43-20-12-8-13-21-43)40-44-22-14-9-15-23-44)48-30-34-50(35-31-48)62(41-45-24-16-10-17-25-45)42-46-26-18-11-19-27-46/h8-38H,6-7,39-42H2,1-5H3,(H,58,59,63). The van der Waals surface area contributed by atoms with Crippen LogP contribution in [0.3, 0.4) is 0 Å². The molecule has 1 N–H and O–H groups in total. The number of carbonyl (C=O) groups is 1. The van der Waals surface area contributed by atoms with Crippen LogP contribution >= 0.6 is 11.8 Å². The zero-order valence-corrected chi connectivity index (χ0v) is 38.6. The number of amidine groups is 1. The van der Waals surface area contributed by atoms with E-state index < -0.39 is 10.2 Å². The second-order valence-corrected chi connectivity index (χ2v) is 18.7. The number of rotatable bonds is 15. The van der Waals surface area contributed by atoms with Gasteiger partial charge in [-0.05, 0) is 83.6 Å². The number of benzene rings is 7. The molecule has 8 rings (SSSR count). The average Bonchev–Trinajstić information content (AvgIpc) is 3.32. The van der Waals surface area contributed by atoms with Gasteiger partial charge in [0, 0.05) is 67.3 Å². The van der Waals surface area contributed by atoms with Gasteiger partial charge in [-0.1, -0.05) is 184 Å². The summed E-state index contributed by atoms with van der Waals surface area (Å²) in [6.45, 7) is 15.0. The first-order chi connectivity index (χ1) is 31.1. The van der Waals surface area contributed by atoms with Crippen molar-refractivity contribution in [3.63, 3.8) is 0 Å². The van der Waals surface area contributed by atoms with Gasteiger partial charge in [0.05, 0.1) is 5.69 Å². The van der Waals surface area contributed by atoms with Gasteiger partial charge in [0.15, 0.2) is 5.17 Å². The lowest BCUT2D eigenvalue weighted by atomic mass is 9.82. The van der Waals surface area contributed by atoms with Crippen molar-refractivity contribution in [2.24, 2.45) is 10.4 Å². The van der Waals surface area contributed by atoms with E-state index in [1.807, 2.05) is 20.8 Å².